The van der Waals surface area contributed by atoms with Crippen molar-refractivity contribution in [2.75, 3.05) is 18.9 Å². The van der Waals surface area contributed by atoms with Gasteiger partial charge in [0.05, 0.1) is 11.3 Å². The van der Waals surface area contributed by atoms with E-state index in [9.17, 15) is 19.8 Å². The molecule has 0 aliphatic heterocycles. The number of aliphatic hydroxyl groups is 1. The number of rotatable bonds is 5. The molecule has 0 heterocycles. The van der Waals surface area contributed by atoms with Crippen molar-refractivity contribution in [1.29, 1.82) is 0 Å². The van der Waals surface area contributed by atoms with E-state index in [0.29, 0.717) is 18.4 Å². The molecule has 6 heteroatoms. The van der Waals surface area contributed by atoms with Crippen LogP contribution in [0.1, 0.15) is 23.2 Å². The Kier molecular flexibility index (Phi) is 3.99. The van der Waals surface area contributed by atoms with Gasteiger partial charge in [0.2, 0.25) is 5.91 Å². The number of anilines is 1. The Morgan fingerprint density at radius 3 is 2.71 bits per heavy atom. The van der Waals surface area contributed by atoms with E-state index in [0.717, 1.165) is 6.08 Å². The summed E-state index contributed by atoms with van der Waals surface area (Å²) in [4.78, 5) is 25.0. The van der Waals surface area contributed by atoms with Gasteiger partial charge in [-0.1, -0.05) is 6.58 Å². The van der Waals surface area contributed by atoms with E-state index in [2.05, 4.69) is 11.9 Å². The summed E-state index contributed by atoms with van der Waals surface area (Å²) in [6, 6.07) is 4.20. The Hall–Kier alpha value is -2.34. The monoisotopic (exact) mass is 290 g/mol. The van der Waals surface area contributed by atoms with Gasteiger partial charge in [-0.25, -0.2) is 0 Å². The SMILES string of the molecule is C=CC(=O)Nc1cc(C(=O)N(C)CC2(O)CC2)ccc1O. The molecular formula is C15H18N2O4. The van der Waals surface area contributed by atoms with Crippen LogP contribution in [0.5, 0.6) is 5.75 Å². The molecule has 112 valence electrons. The lowest BCUT2D eigenvalue weighted by molar-refractivity contribution is -0.111. The zero-order valence-electron chi connectivity index (χ0n) is 11.8. The summed E-state index contributed by atoms with van der Waals surface area (Å²) >= 11 is 0. The Morgan fingerprint density at radius 2 is 2.14 bits per heavy atom. The second-order valence-corrected chi connectivity index (χ2v) is 5.31. The number of hydrogen-bond donors (Lipinski definition) is 3. The molecule has 0 saturated heterocycles. The summed E-state index contributed by atoms with van der Waals surface area (Å²) in [5.74, 6) is -0.898. The largest absolute Gasteiger partial charge is 0.506 e. The molecule has 1 aromatic carbocycles. The number of carbonyl (C=O) groups is 2. The van der Waals surface area contributed by atoms with E-state index in [4.69, 9.17) is 0 Å². The average Bonchev–Trinajstić information content (AvgIpc) is 3.17. The third-order valence-electron chi connectivity index (χ3n) is 3.39. The number of aromatic hydroxyl groups is 1. The number of hydrogen-bond acceptors (Lipinski definition) is 4. The first-order chi connectivity index (χ1) is 9.84. The van der Waals surface area contributed by atoms with Crippen molar-refractivity contribution in [2.24, 2.45) is 0 Å². The van der Waals surface area contributed by atoms with Crippen LogP contribution >= 0.6 is 0 Å². The molecule has 1 aliphatic rings. The van der Waals surface area contributed by atoms with Crippen molar-refractivity contribution in [3.63, 3.8) is 0 Å². The summed E-state index contributed by atoms with van der Waals surface area (Å²) in [5, 5.41) is 22.0. The van der Waals surface area contributed by atoms with Gasteiger partial charge in [0, 0.05) is 19.2 Å². The number of amides is 2. The maximum Gasteiger partial charge on any atom is 0.253 e. The normalized spacial score (nSPS) is 15.1. The predicted molar refractivity (Wildman–Crippen MR) is 78.1 cm³/mol. The van der Waals surface area contributed by atoms with E-state index >= 15 is 0 Å². The molecule has 21 heavy (non-hydrogen) atoms. The van der Waals surface area contributed by atoms with Crippen LogP contribution in [0.2, 0.25) is 0 Å². The zero-order valence-corrected chi connectivity index (χ0v) is 11.8. The highest BCUT2D eigenvalue weighted by Gasteiger charge is 2.42. The minimum absolute atomic E-state index is 0.134. The third-order valence-corrected chi connectivity index (χ3v) is 3.39. The molecule has 1 aromatic rings. The Morgan fingerprint density at radius 1 is 1.48 bits per heavy atom. The minimum Gasteiger partial charge on any atom is -0.506 e. The fourth-order valence-corrected chi connectivity index (χ4v) is 1.99. The second kappa shape index (κ2) is 5.57. The number of likely N-dealkylation sites (N-methyl/N-ethyl adjacent to an activating group) is 1. The first kappa shape index (κ1) is 15.1. The van der Waals surface area contributed by atoms with Gasteiger partial charge in [0.15, 0.2) is 0 Å². The average molecular weight is 290 g/mol. The van der Waals surface area contributed by atoms with Gasteiger partial charge in [-0.05, 0) is 37.1 Å². The van der Waals surface area contributed by atoms with Gasteiger partial charge in [-0.2, -0.15) is 0 Å². The van der Waals surface area contributed by atoms with Crippen molar-refractivity contribution in [3.8, 4) is 5.75 Å². The van der Waals surface area contributed by atoms with Crippen LogP contribution in [0.15, 0.2) is 30.9 Å². The van der Waals surface area contributed by atoms with Crippen LogP contribution in [0.3, 0.4) is 0 Å². The first-order valence-corrected chi connectivity index (χ1v) is 6.59. The van der Waals surface area contributed by atoms with Crippen LogP contribution in [0, 0.1) is 0 Å². The van der Waals surface area contributed by atoms with Gasteiger partial charge < -0.3 is 20.4 Å². The van der Waals surface area contributed by atoms with Crippen molar-refractivity contribution >= 4 is 17.5 Å². The predicted octanol–water partition coefficient (Wildman–Crippen LogP) is 1.11. The van der Waals surface area contributed by atoms with E-state index in [-0.39, 0.29) is 23.9 Å². The van der Waals surface area contributed by atoms with Crippen molar-refractivity contribution in [2.45, 2.75) is 18.4 Å². The number of carbonyl (C=O) groups excluding carboxylic acids is 2. The van der Waals surface area contributed by atoms with E-state index in [1.165, 1.54) is 23.1 Å². The number of phenols is 1. The molecule has 0 aromatic heterocycles. The van der Waals surface area contributed by atoms with Crippen LogP contribution in [-0.4, -0.2) is 46.1 Å². The smallest absolute Gasteiger partial charge is 0.253 e. The quantitative estimate of drug-likeness (QED) is 0.560. The van der Waals surface area contributed by atoms with Gasteiger partial charge in [-0.15, -0.1) is 0 Å². The number of phenolic OH excluding ortho intramolecular Hbond substituents is 1. The van der Waals surface area contributed by atoms with Crippen LogP contribution in [-0.2, 0) is 4.79 Å². The Labute approximate surface area is 122 Å². The van der Waals surface area contributed by atoms with E-state index < -0.39 is 11.5 Å². The molecule has 2 amide bonds. The van der Waals surface area contributed by atoms with Crippen LogP contribution in [0.4, 0.5) is 5.69 Å². The molecule has 1 aliphatic carbocycles. The third kappa shape index (κ3) is 3.61. The van der Waals surface area contributed by atoms with Gasteiger partial charge >= 0.3 is 0 Å². The van der Waals surface area contributed by atoms with Crippen LogP contribution < -0.4 is 5.32 Å². The molecular weight excluding hydrogens is 272 g/mol. The summed E-state index contributed by atoms with van der Waals surface area (Å²) in [5.41, 5.74) is -0.301. The number of nitrogens with one attached hydrogen (secondary N) is 1. The van der Waals surface area contributed by atoms with Crippen molar-refractivity contribution < 1.29 is 19.8 Å². The molecule has 0 bridgehead atoms. The molecule has 6 nitrogen and oxygen atoms in total. The summed E-state index contributed by atoms with van der Waals surface area (Å²) in [6.45, 7) is 3.59. The number of benzene rings is 1. The van der Waals surface area contributed by atoms with Crippen molar-refractivity contribution in [3.05, 3.63) is 36.4 Å². The maximum atomic E-state index is 12.3. The minimum atomic E-state index is -0.763. The maximum absolute atomic E-state index is 12.3. The van der Waals surface area contributed by atoms with Gasteiger partial charge in [0.25, 0.3) is 5.91 Å². The summed E-state index contributed by atoms with van der Waals surface area (Å²) in [7, 11) is 1.60. The van der Waals surface area contributed by atoms with Crippen LogP contribution in [0.25, 0.3) is 0 Å². The lowest BCUT2D eigenvalue weighted by Crippen LogP contribution is -2.35. The molecule has 0 unspecified atom stereocenters. The highest BCUT2D eigenvalue weighted by molar-refractivity contribution is 6.02. The van der Waals surface area contributed by atoms with Gasteiger partial charge in [0.1, 0.15) is 5.75 Å². The molecule has 1 saturated carbocycles. The molecule has 3 N–H and O–H groups in total. The lowest BCUT2D eigenvalue weighted by atomic mass is 10.1. The summed E-state index contributed by atoms with van der Waals surface area (Å²) in [6.07, 6.45) is 2.46. The Bertz CT molecular complexity index is 593. The fraction of sp³-hybridized carbons (Fsp3) is 0.333. The highest BCUT2D eigenvalue weighted by Crippen LogP contribution is 2.35. The van der Waals surface area contributed by atoms with Crippen molar-refractivity contribution in [1.82, 2.24) is 4.90 Å². The molecule has 0 radical (unpaired) electrons. The molecule has 2 rings (SSSR count). The Balaban J connectivity index is 2.15. The standard InChI is InChI=1S/C15H18N2O4/c1-3-13(19)16-11-8-10(4-5-12(11)18)14(20)17(2)9-15(21)6-7-15/h3-5,8,18,21H,1,6-7,9H2,2H3,(H,16,19). The fourth-order valence-electron chi connectivity index (χ4n) is 1.99. The molecule has 0 atom stereocenters. The zero-order chi connectivity index (χ0) is 15.6. The lowest BCUT2D eigenvalue weighted by Gasteiger charge is -2.21. The molecule has 0 spiro atoms. The van der Waals surface area contributed by atoms with E-state index in [1.54, 1.807) is 7.05 Å². The van der Waals surface area contributed by atoms with E-state index in [1.807, 2.05) is 0 Å². The first-order valence-electron chi connectivity index (χ1n) is 6.59. The summed E-state index contributed by atoms with van der Waals surface area (Å²) < 4.78 is 0. The topological polar surface area (TPSA) is 89.9 Å². The van der Waals surface area contributed by atoms with Gasteiger partial charge in [-0.3, -0.25) is 9.59 Å². The molecule has 1 fully saturated rings. The highest BCUT2D eigenvalue weighted by atomic mass is 16.3. The second-order valence-electron chi connectivity index (χ2n) is 5.31. The number of nitrogens with zero attached hydrogens (tertiary/aromatic N) is 1.